The molecule has 78 valence electrons. The van der Waals surface area contributed by atoms with Crippen molar-refractivity contribution in [1.29, 1.82) is 0 Å². The molecule has 1 aromatic heterocycles. The molecule has 0 bridgehead atoms. The molecule has 0 amide bonds. The zero-order valence-corrected chi connectivity index (χ0v) is 8.87. The highest BCUT2D eigenvalue weighted by Gasteiger charge is 2.12. The van der Waals surface area contributed by atoms with Crippen LogP contribution in [0.2, 0.25) is 0 Å². The molecule has 0 radical (unpaired) electrons. The Hall–Kier alpha value is -0.830. The third-order valence-corrected chi connectivity index (χ3v) is 3.04. The first-order valence-electron chi connectivity index (χ1n) is 5.57. The van der Waals surface area contributed by atoms with Gasteiger partial charge in [-0.2, -0.15) is 0 Å². The van der Waals surface area contributed by atoms with Gasteiger partial charge >= 0.3 is 0 Å². The number of imidazole rings is 1. The molecule has 14 heavy (non-hydrogen) atoms. The van der Waals surface area contributed by atoms with Gasteiger partial charge in [-0.15, -0.1) is 0 Å². The second-order valence-electron chi connectivity index (χ2n) is 4.10. The van der Waals surface area contributed by atoms with Crippen LogP contribution in [-0.2, 0) is 6.54 Å². The van der Waals surface area contributed by atoms with E-state index in [1.807, 2.05) is 6.20 Å². The Morgan fingerprint density at radius 2 is 2.57 bits per heavy atom. The van der Waals surface area contributed by atoms with Crippen LogP contribution in [0.5, 0.6) is 0 Å². The smallest absolute Gasteiger partial charge is 0.105 e. The summed E-state index contributed by atoms with van der Waals surface area (Å²) in [6.45, 7) is 4.40. The molecule has 0 spiro atoms. The van der Waals surface area contributed by atoms with Gasteiger partial charge in [-0.1, -0.05) is 0 Å². The Morgan fingerprint density at radius 1 is 1.64 bits per heavy atom. The third-order valence-electron chi connectivity index (χ3n) is 3.04. The molecule has 1 saturated heterocycles. The second kappa shape index (κ2) is 4.60. The Labute approximate surface area is 85.5 Å². The Morgan fingerprint density at radius 3 is 3.21 bits per heavy atom. The van der Waals surface area contributed by atoms with E-state index in [0.717, 1.165) is 18.4 Å². The van der Waals surface area contributed by atoms with Gasteiger partial charge in [0.2, 0.25) is 0 Å². The molecular formula is C11H19N3. The van der Waals surface area contributed by atoms with Crippen LogP contribution >= 0.6 is 0 Å². The third kappa shape index (κ3) is 2.35. The highest BCUT2D eigenvalue weighted by atomic mass is 15.0. The maximum atomic E-state index is 4.21. The van der Waals surface area contributed by atoms with Gasteiger partial charge in [0.15, 0.2) is 0 Å². The molecule has 1 N–H and O–H groups in total. The zero-order valence-electron chi connectivity index (χ0n) is 8.87. The van der Waals surface area contributed by atoms with E-state index < -0.39 is 0 Å². The lowest BCUT2D eigenvalue weighted by atomic mass is 10.1. The molecule has 0 aliphatic carbocycles. The lowest BCUT2D eigenvalue weighted by molar-refractivity contribution is 0.498. The van der Waals surface area contributed by atoms with Crippen LogP contribution in [0.4, 0.5) is 0 Å². The van der Waals surface area contributed by atoms with Gasteiger partial charge in [-0.25, -0.2) is 4.98 Å². The molecule has 1 atom stereocenters. The first-order chi connectivity index (χ1) is 6.86. The van der Waals surface area contributed by atoms with Crippen LogP contribution in [0.25, 0.3) is 0 Å². The van der Waals surface area contributed by atoms with Gasteiger partial charge in [0.05, 0.1) is 0 Å². The second-order valence-corrected chi connectivity index (χ2v) is 4.10. The summed E-state index contributed by atoms with van der Waals surface area (Å²) < 4.78 is 2.23. The van der Waals surface area contributed by atoms with E-state index in [1.165, 1.54) is 32.2 Å². The normalized spacial score (nSPS) is 21.6. The van der Waals surface area contributed by atoms with Crippen molar-refractivity contribution in [1.82, 2.24) is 14.9 Å². The Kier molecular flexibility index (Phi) is 3.19. The van der Waals surface area contributed by atoms with Crippen LogP contribution in [0.15, 0.2) is 12.4 Å². The average Bonchev–Trinajstić information content (AvgIpc) is 2.78. The molecule has 1 aliphatic heterocycles. The highest BCUT2D eigenvalue weighted by Crippen LogP contribution is 2.11. The number of aryl methyl sites for hydroxylation is 2. The number of hydrogen-bond acceptors (Lipinski definition) is 2. The quantitative estimate of drug-likeness (QED) is 0.789. The number of nitrogens with zero attached hydrogens (tertiary/aromatic N) is 2. The first kappa shape index (κ1) is 9.71. The van der Waals surface area contributed by atoms with Crippen molar-refractivity contribution in [3.63, 3.8) is 0 Å². The maximum Gasteiger partial charge on any atom is 0.105 e. The minimum Gasteiger partial charge on any atom is -0.335 e. The molecule has 1 aliphatic rings. The lowest BCUT2D eigenvalue weighted by Gasteiger charge is -2.10. The number of nitrogens with one attached hydrogen (secondary N) is 1. The minimum atomic E-state index is 0.777. The summed E-state index contributed by atoms with van der Waals surface area (Å²) in [7, 11) is 0. The van der Waals surface area contributed by atoms with Crippen LogP contribution in [0, 0.1) is 6.92 Å². The predicted molar refractivity (Wildman–Crippen MR) is 57.2 cm³/mol. The van der Waals surface area contributed by atoms with Gasteiger partial charge < -0.3 is 9.88 Å². The Balaban J connectivity index is 1.70. The summed E-state index contributed by atoms with van der Waals surface area (Å²) in [4.78, 5) is 4.21. The molecule has 1 aromatic rings. The monoisotopic (exact) mass is 193 g/mol. The van der Waals surface area contributed by atoms with Crippen molar-refractivity contribution in [2.75, 3.05) is 6.54 Å². The van der Waals surface area contributed by atoms with Crippen LogP contribution in [-0.4, -0.2) is 22.1 Å². The van der Waals surface area contributed by atoms with Crippen molar-refractivity contribution in [2.24, 2.45) is 0 Å². The zero-order chi connectivity index (χ0) is 9.80. The van der Waals surface area contributed by atoms with E-state index in [1.54, 1.807) is 0 Å². The van der Waals surface area contributed by atoms with E-state index in [0.29, 0.717) is 0 Å². The van der Waals surface area contributed by atoms with Gasteiger partial charge in [0.25, 0.3) is 0 Å². The maximum absolute atomic E-state index is 4.21. The molecule has 2 rings (SSSR count). The standard InChI is InChI=1S/C11H19N3/c1-10-12-7-9-14(10)8-3-5-11-4-2-6-13-11/h7,9,11,13H,2-6,8H2,1H3. The minimum absolute atomic E-state index is 0.777. The molecule has 1 unspecified atom stereocenters. The first-order valence-corrected chi connectivity index (χ1v) is 5.57. The molecule has 0 aromatic carbocycles. The summed E-state index contributed by atoms with van der Waals surface area (Å²) >= 11 is 0. The fourth-order valence-corrected chi connectivity index (χ4v) is 2.15. The van der Waals surface area contributed by atoms with E-state index in [4.69, 9.17) is 0 Å². The summed E-state index contributed by atoms with van der Waals surface area (Å²) in [5.74, 6) is 1.13. The summed E-state index contributed by atoms with van der Waals surface area (Å²) in [6, 6.07) is 0.777. The molecule has 1 fully saturated rings. The van der Waals surface area contributed by atoms with Gasteiger partial charge in [-0.3, -0.25) is 0 Å². The molecule has 3 heteroatoms. The van der Waals surface area contributed by atoms with Crippen LogP contribution in [0.1, 0.15) is 31.5 Å². The van der Waals surface area contributed by atoms with E-state index in [2.05, 4.69) is 28.0 Å². The van der Waals surface area contributed by atoms with E-state index in [-0.39, 0.29) is 0 Å². The van der Waals surface area contributed by atoms with Crippen LogP contribution < -0.4 is 5.32 Å². The molecule has 2 heterocycles. The number of aromatic nitrogens is 2. The molecular weight excluding hydrogens is 174 g/mol. The SMILES string of the molecule is Cc1nccn1CCCC1CCCN1. The van der Waals surface area contributed by atoms with Crippen molar-refractivity contribution < 1.29 is 0 Å². The number of rotatable bonds is 4. The molecule has 3 nitrogen and oxygen atoms in total. The number of hydrogen-bond donors (Lipinski definition) is 1. The van der Waals surface area contributed by atoms with Gasteiger partial charge in [0, 0.05) is 25.0 Å². The fourth-order valence-electron chi connectivity index (χ4n) is 2.15. The highest BCUT2D eigenvalue weighted by molar-refractivity contribution is 4.88. The van der Waals surface area contributed by atoms with Crippen molar-refractivity contribution in [3.8, 4) is 0 Å². The Bertz CT molecular complexity index is 274. The summed E-state index contributed by atoms with van der Waals surface area (Å²) in [5, 5.41) is 3.53. The summed E-state index contributed by atoms with van der Waals surface area (Å²) in [6.07, 6.45) is 9.23. The molecule has 0 saturated carbocycles. The topological polar surface area (TPSA) is 29.9 Å². The largest absolute Gasteiger partial charge is 0.335 e. The summed E-state index contributed by atoms with van der Waals surface area (Å²) in [5.41, 5.74) is 0. The van der Waals surface area contributed by atoms with E-state index >= 15 is 0 Å². The van der Waals surface area contributed by atoms with Crippen molar-refractivity contribution in [2.45, 2.75) is 45.2 Å². The van der Waals surface area contributed by atoms with Gasteiger partial charge in [-0.05, 0) is 39.2 Å². The van der Waals surface area contributed by atoms with Crippen molar-refractivity contribution in [3.05, 3.63) is 18.2 Å². The predicted octanol–water partition coefficient (Wildman–Crippen LogP) is 1.72. The van der Waals surface area contributed by atoms with Gasteiger partial charge in [0.1, 0.15) is 5.82 Å². The van der Waals surface area contributed by atoms with Crippen LogP contribution in [0.3, 0.4) is 0 Å². The lowest BCUT2D eigenvalue weighted by Crippen LogP contribution is -2.21. The fraction of sp³-hybridized carbons (Fsp3) is 0.727. The average molecular weight is 193 g/mol. The van der Waals surface area contributed by atoms with E-state index in [9.17, 15) is 0 Å². The van der Waals surface area contributed by atoms with Crippen molar-refractivity contribution >= 4 is 0 Å².